The summed E-state index contributed by atoms with van der Waals surface area (Å²) >= 11 is 0. The number of hydrogen-bond donors (Lipinski definition) is 3. The largest absolute Gasteiger partial charge is 0.372 e. The number of benzene rings is 4. The summed E-state index contributed by atoms with van der Waals surface area (Å²) in [7, 11) is -4.02. The van der Waals surface area contributed by atoms with E-state index in [0.717, 1.165) is 74.4 Å². The van der Waals surface area contributed by atoms with Crippen molar-refractivity contribution in [3.63, 3.8) is 0 Å². The average Bonchev–Trinajstić information content (AvgIpc) is 3.19. The third-order valence-corrected chi connectivity index (χ3v) is 10.2. The summed E-state index contributed by atoms with van der Waals surface area (Å²) in [6.07, 6.45) is 14.6. The van der Waals surface area contributed by atoms with Gasteiger partial charge in [-0.3, -0.25) is 23.8 Å². The van der Waals surface area contributed by atoms with Crippen LogP contribution in [0.5, 0.6) is 0 Å². The van der Waals surface area contributed by atoms with Gasteiger partial charge >= 0.3 is 0 Å². The lowest BCUT2D eigenvalue weighted by Crippen LogP contribution is -2.29. The van der Waals surface area contributed by atoms with Crippen LogP contribution in [0.3, 0.4) is 0 Å². The maximum Gasteiger partial charge on any atom is 0.294 e. The molecule has 0 saturated carbocycles. The minimum Gasteiger partial charge on any atom is -0.372 e. The fraction of sp³-hybridized carbons (Fsp3) is 0.250. The Morgan fingerprint density at radius 2 is 1.38 bits per heavy atom. The van der Waals surface area contributed by atoms with E-state index in [9.17, 15) is 22.8 Å². The SMILES string of the molecule is CCCCN1C=C(NC(=O)c2ccc(N(C(=O)c3ccc(C(N)=O)cc3)c3ccc4c(c3)C=CCN4CCCC)cc2)C=CC1.Cc1ccc(S(=O)(=O)O)cc1. The van der Waals surface area contributed by atoms with Gasteiger partial charge in [0.05, 0.1) is 10.6 Å². The van der Waals surface area contributed by atoms with E-state index in [0.29, 0.717) is 28.1 Å². The van der Waals surface area contributed by atoms with Crippen molar-refractivity contribution in [1.82, 2.24) is 10.2 Å². The van der Waals surface area contributed by atoms with Gasteiger partial charge in [-0.15, -0.1) is 0 Å². The van der Waals surface area contributed by atoms with Crippen LogP contribution in [0.1, 0.15) is 81.7 Å². The second-order valence-electron chi connectivity index (χ2n) is 13.7. The van der Waals surface area contributed by atoms with E-state index in [-0.39, 0.29) is 16.7 Å². The Morgan fingerprint density at radius 3 is 2.02 bits per heavy atom. The molecule has 4 N–H and O–H groups in total. The number of hydrogen-bond acceptors (Lipinski definition) is 7. The van der Waals surface area contributed by atoms with Crippen LogP contribution in [-0.2, 0) is 10.1 Å². The van der Waals surface area contributed by atoms with Crippen LogP contribution in [0.15, 0.2) is 126 Å². The first-order chi connectivity index (χ1) is 26.9. The number of carbonyl (C=O) groups is 3. The van der Waals surface area contributed by atoms with Crippen LogP contribution < -0.4 is 20.9 Å². The van der Waals surface area contributed by atoms with Crippen molar-refractivity contribution in [2.75, 3.05) is 36.0 Å². The van der Waals surface area contributed by atoms with Crippen LogP contribution in [0.25, 0.3) is 6.08 Å². The number of fused-ring (bicyclic) bond motifs is 1. The van der Waals surface area contributed by atoms with Gasteiger partial charge in [0.2, 0.25) is 5.91 Å². The summed E-state index contributed by atoms with van der Waals surface area (Å²) in [6.45, 7) is 9.79. The predicted molar refractivity (Wildman–Crippen MR) is 223 cm³/mol. The molecule has 0 spiro atoms. The summed E-state index contributed by atoms with van der Waals surface area (Å²) in [6, 6.07) is 25.4. The zero-order valence-electron chi connectivity index (χ0n) is 32.0. The zero-order valence-corrected chi connectivity index (χ0v) is 32.8. The number of nitrogens with zero attached hydrogens (tertiary/aromatic N) is 3. The minimum atomic E-state index is -4.02. The Labute approximate surface area is 329 Å². The highest BCUT2D eigenvalue weighted by molar-refractivity contribution is 7.85. The van der Waals surface area contributed by atoms with Crippen LogP contribution in [0, 0.1) is 6.92 Å². The number of nitrogens with two attached hydrogens (primary N) is 1. The first-order valence-electron chi connectivity index (χ1n) is 18.8. The van der Waals surface area contributed by atoms with E-state index in [2.05, 4.69) is 47.2 Å². The summed E-state index contributed by atoms with van der Waals surface area (Å²) in [4.78, 5) is 45.0. The van der Waals surface area contributed by atoms with Crippen molar-refractivity contribution in [2.45, 2.75) is 51.3 Å². The topological polar surface area (TPSA) is 153 Å². The molecule has 0 radical (unpaired) electrons. The first-order valence-corrected chi connectivity index (χ1v) is 20.2. The molecule has 2 aliphatic rings. The normalized spacial score (nSPS) is 13.2. The molecule has 0 aromatic heterocycles. The lowest BCUT2D eigenvalue weighted by Gasteiger charge is -2.30. The van der Waals surface area contributed by atoms with E-state index in [1.807, 2.05) is 37.4 Å². The molecule has 4 aromatic carbocycles. The molecule has 11 nitrogen and oxygen atoms in total. The van der Waals surface area contributed by atoms with Crippen LogP contribution in [-0.4, -0.2) is 61.8 Å². The molecule has 2 heterocycles. The lowest BCUT2D eigenvalue weighted by molar-refractivity contribution is 0.0963. The smallest absolute Gasteiger partial charge is 0.294 e. The van der Waals surface area contributed by atoms with Gasteiger partial charge in [0.25, 0.3) is 21.9 Å². The molecule has 0 aliphatic carbocycles. The molecule has 0 unspecified atom stereocenters. The quantitative estimate of drug-likeness (QED) is 0.116. The number of aryl methyl sites for hydroxylation is 1. The summed E-state index contributed by atoms with van der Waals surface area (Å²) in [5.74, 6) is -1.04. The Kier molecular flexibility index (Phi) is 14.0. The Morgan fingerprint density at radius 1 is 0.768 bits per heavy atom. The van der Waals surface area contributed by atoms with E-state index >= 15 is 0 Å². The Bertz CT molecular complexity index is 2210. The number of primary amides is 1. The van der Waals surface area contributed by atoms with Gasteiger partial charge in [0.1, 0.15) is 0 Å². The van der Waals surface area contributed by atoms with E-state index in [1.54, 1.807) is 65.6 Å². The molecule has 6 rings (SSSR count). The van der Waals surface area contributed by atoms with Gasteiger partial charge in [-0.05, 0) is 110 Å². The number of allylic oxidation sites excluding steroid dienone is 1. The van der Waals surface area contributed by atoms with Crippen molar-refractivity contribution in [1.29, 1.82) is 0 Å². The molecule has 3 amide bonds. The van der Waals surface area contributed by atoms with Crippen LogP contribution in [0.2, 0.25) is 0 Å². The van der Waals surface area contributed by atoms with Gasteiger partial charge in [-0.2, -0.15) is 8.42 Å². The molecule has 292 valence electrons. The monoisotopic (exact) mass is 775 g/mol. The summed E-state index contributed by atoms with van der Waals surface area (Å²) < 4.78 is 29.6. The molecule has 0 bridgehead atoms. The van der Waals surface area contributed by atoms with Crippen LogP contribution in [0.4, 0.5) is 17.1 Å². The Balaban J connectivity index is 0.000000470. The van der Waals surface area contributed by atoms with E-state index in [4.69, 9.17) is 10.3 Å². The fourth-order valence-corrected chi connectivity index (χ4v) is 6.71. The minimum absolute atomic E-state index is 0.0666. The van der Waals surface area contributed by atoms with Gasteiger partial charge in [0, 0.05) is 66.1 Å². The number of nitrogens with one attached hydrogen (secondary N) is 1. The first kappa shape index (κ1) is 41.2. The number of anilines is 3. The van der Waals surface area contributed by atoms with E-state index in [1.165, 1.54) is 12.1 Å². The molecule has 0 atom stereocenters. The maximum absolute atomic E-state index is 14.1. The molecule has 12 heteroatoms. The molecular formula is C44H49N5O6S. The van der Waals surface area contributed by atoms with Gasteiger partial charge < -0.3 is 20.9 Å². The summed E-state index contributed by atoms with van der Waals surface area (Å²) in [5.41, 5.74) is 11.8. The van der Waals surface area contributed by atoms with Crippen LogP contribution >= 0.6 is 0 Å². The standard InChI is InChI=1S/C37H41N5O3.C7H8O3S/c1-3-5-21-40-22-8-10-31(26-40)39-36(44)28-15-17-32(18-16-28)42(37(45)29-13-11-27(12-14-29)35(38)43)33-19-20-34-30(25-33)9-7-24-41(34)23-6-4-2;1-6-2-4-7(5-3-6)11(8,9)10/h7-20,25-26H,3-6,21-24H2,1-2H3,(H2,38,43)(H,39,44);2-5H,1H3,(H,8,9,10). The zero-order chi connectivity index (χ0) is 40.2. The summed E-state index contributed by atoms with van der Waals surface area (Å²) in [5, 5.41) is 3.00. The highest BCUT2D eigenvalue weighted by Gasteiger charge is 2.23. The molecule has 56 heavy (non-hydrogen) atoms. The number of rotatable bonds is 13. The number of amides is 3. The van der Waals surface area contributed by atoms with Crippen molar-refractivity contribution in [3.05, 3.63) is 149 Å². The molecule has 0 saturated heterocycles. The highest BCUT2D eigenvalue weighted by atomic mass is 32.2. The second kappa shape index (κ2) is 19.1. The fourth-order valence-electron chi connectivity index (χ4n) is 6.23. The third kappa shape index (κ3) is 10.8. The van der Waals surface area contributed by atoms with Crippen molar-refractivity contribution in [2.24, 2.45) is 5.73 Å². The van der Waals surface area contributed by atoms with E-state index < -0.39 is 16.0 Å². The maximum atomic E-state index is 14.1. The number of unbranched alkanes of at least 4 members (excludes halogenated alkanes) is 2. The second-order valence-corrected chi connectivity index (χ2v) is 15.1. The van der Waals surface area contributed by atoms with Crippen molar-refractivity contribution < 1.29 is 27.4 Å². The highest BCUT2D eigenvalue weighted by Crippen LogP contribution is 2.35. The third-order valence-electron chi connectivity index (χ3n) is 9.36. The van der Waals surface area contributed by atoms with Crippen molar-refractivity contribution >= 4 is 51.0 Å². The van der Waals surface area contributed by atoms with Gasteiger partial charge in [0.15, 0.2) is 0 Å². The predicted octanol–water partition coefficient (Wildman–Crippen LogP) is 7.88. The van der Waals surface area contributed by atoms with Gasteiger partial charge in [-0.25, -0.2) is 0 Å². The van der Waals surface area contributed by atoms with Crippen molar-refractivity contribution in [3.8, 4) is 0 Å². The molecular weight excluding hydrogens is 727 g/mol. The Hall–Kier alpha value is -5.98. The molecule has 0 fully saturated rings. The molecule has 2 aliphatic heterocycles. The average molecular weight is 776 g/mol. The lowest BCUT2D eigenvalue weighted by atomic mass is 10.0. The molecule has 4 aromatic rings. The number of carbonyl (C=O) groups excluding carboxylic acids is 3. The van der Waals surface area contributed by atoms with Gasteiger partial charge in [-0.1, -0.05) is 62.6 Å².